The molecule has 4 rings (SSSR count). The molecule has 0 radical (unpaired) electrons. The van der Waals surface area contributed by atoms with Crippen LogP contribution in [0.3, 0.4) is 0 Å². The zero-order chi connectivity index (χ0) is 23.0. The van der Waals surface area contributed by atoms with Gasteiger partial charge in [-0.05, 0) is 32.1 Å². The van der Waals surface area contributed by atoms with Gasteiger partial charge >= 0.3 is 0 Å². The number of benzene rings is 1. The van der Waals surface area contributed by atoms with Gasteiger partial charge in [0.05, 0.1) is 23.6 Å². The number of ketones is 4. The van der Waals surface area contributed by atoms with Crippen LogP contribution in [0.1, 0.15) is 28.4 Å². The number of phenolic OH excluding ortho intramolecular Hbond substituents is 1. The third-order valence-electron chi connectivity index (χ3n) is 6.91. The number of fused-ring (bicyclic) bond motifs is 3. The van der Waals surface area contributed by atoms with Gasteiger partial charge in [0.25, 0.3) is 0 Å². The molecule has 1 amide bonds. The van der Waals surface area contributed by atoms with E-state index in [0.717, 1.165) is 0 Å². The van der Waals surface area contributed by atoms with Gasteiger partial charge in [0.15, 0.2) is 34.7 Å². The molecule has 3 aliphatic carbocycles. The monoisotopic (exact) mass is 430 g/mol. The second kappa shape index (κ2) is 6.78. The van der Waals surface area contributed by atoms with Crippen molar-refractivity contribution in [3.05, 3.63) is 29.3 Å². The van der Waals surface area contributed by atoms with Crippen LogP contribution < -0.4 is 5.73 Å². The summed E-state index contributed by atoms with van der Waals surface area (Å²) in [5.41, 5.74) is 2.32. The molecule has 0 aliphatic heterocycles. The number of likely N-dealkylation sites (N-methyl/N-ethyl adjacent to an activating group) is 1. The number of aromatic hydroxyl groups is 1. The Morgan fingerprint density at radius 3 is 2.39 bits per heavy atom. The summed E-state index contributed by atoms with van der Waals surface area (Å²) in [6, 6.07) is 2.91. The minimum absolute atomic E-state index is 0.134. The fourth-order valence-electron chi connectivity index (χ4n) is 5.56. The quantitative estimate of drug-likeness (QED) is 0.401. The number of aliphatic hydroxyl groups excluding tert-OH is 1. The second-order valence-corrected chi connectivity index (χ2v) is 8.68. The van der Waals surface area contributed by atoms with Crippen LogP contribution in [0, 0.1) is 23.7 Å². The molecular formula is C21H22N2O8. The van der Waals surface area contributed by atoms with E-state index in [0.29, 0.717) is 0 Å². The van der Waals surface area contributed by atoms with Gasteiger partial charge < -0.3 is 21.1 Å². The van der Waals surface area contributed by atoms with Crippen LogP contribution in [0.4, 0.5) is 0 Å². The zero-order valence-electron chi connectivity index (χ0n) is 16.8. The second-order valence-electron chi connectivity index (χ2n) is 8.68. The number of rotatable bonds is 2. The van der Waals surface area contributed by atoms with Gasteiger partial charge in [-0.15, -0.1) is 0 Å². The maximum absolute atomic E-state index is 13.5. The SMILES string of the molecule is CN(C)[C@@H]1C(=O)C(C(N)=O)C(=O)[C@@]2(O)C(=O)C3C(=O)c4c(O)cccc4[C@@H](O)[C@H]3C[C@@H]12. The third kappa shape index (κ3) is 2.58. The number of nitrogens with zero attached hydrogens (tertiary/aromatic N) is 1. The van der Waals surface area contributed by atoms with Gasteiger partial charge in [0, 0.05) is 11.8 Å². The van der Waals surface area contributed by atoms with Crippen molar-refractivity contribution in [2.45, 2.75) is 24.2 Å². The molecule has 164 valence electrons. The summed E-state index contributed by atoms with van der Waals surface area (Å²) in [7, 11) is 2.98. The van der Waals surface area contributed by atoms with E-state index in [4.69, 9.17) is 5.73 Å². The molecule has 0 aromatic heterocycles. The Labute approximate surface area is 176 Å². The third-order valence-corrected chi connectivity index (χ3v) is 6.91. The molecule has 1 aromatic carbocycles. The van der Waals surface area contributed by atoms with Crippen molar-refractivity contribution in [1.29, 1.82) is 0 Å². The first-order valence-electron chi connectivity index (χ1n) is 9.79. The van der Waals surface area contributed by atoms with Gasteiger partial charge in [-0.1, -0.05) is 12.1 Å². The molecule has 0 heterocycles. The highest BCUT2D eigenvalue weighted by Gasteiger charge is 2.70. The predicted octanol–water partition coefficient (Wildman–Crippen LogP) is -1.64. The fraction of sp³-hybridized carbons (Fsp3) is 0.476. The van der Waals surface area contributed by atoms with E-state index in [1.807, 2.05) is 0 Å². The molecule has 0 spiro atoms. The number of primary amides is 1. The zero-order valence-corrected chi connectivity index (χ0v) is 16.8. The highest BCUT2D eigenvalue weighted by atomic mass is 16.3. The lowest BCUT2D eigenvalue weighted by atomic mass is 9.52. The summed E-state index contributed by atoms with van der Waals surface area (Å²) in [5, 5.41) is 32.4. The first kappa shape index (κ1) is 21.3. The largest absolute Gasteiger partial charge is 0.507 e. The average molecular weight is 430 g/mol. The molecule has 7 atom stereocenters. The molecule has 10 nitrogen and oxygen atoms in total. The molecule has 2 unspecified atom stereocenters. The van der Waals surface area contributed by atoms with Crippen molar-refractivity contribution in [3.63, 3.8) is 0 Å². The smallest absolute Gasteiger partial charge is 0.235 e. The lowest BCUT2D eigenvalue weighted by Gasteiger charge is -2.53. The molecule has 0 saturated heterocycles. The predicted molar refractivity (Wildman–Crippen MR) is 103 cm³/mol. The topological polar surface area (TPSA) is 175 Å². The molecule has 3 aliphatic rings. The summed E-state index contributed by atoms with van der Waals surface area (Å²) < 4.78 is 0. The molecule has 10 heteroatoms. The Hall–Kier alpha value is -2.95. The lowest BCUT2D eigenvalue weighted by Crippen LogP contribution is -2.74. The highest BCUT2D eigenvalue weighted by molar-refractivity contribution is 6.32. The summed E-state index contributed by atoms with van der Waals surface area (Å²) in [6.45, 7) is 0. The maximum Gasteiger partial charge on any atom is 0.235 e. The highest BCUT2D eigenvalue weighted by Crippen LogP contribution is 2.53. The summed E-state index contributed by atoms with van der Waals surface area (Å²) in [5.74, 6) is -11.9. The number of aliphatic hydroxyl groups is 2. The molecule has 31 heavy (non-hydrogen) atoms. The summed E-state index contributed by atoms with van der Waals surface area (Å²) in [6.07, 6.45) is -1.55. The molecule has 2 fully saturated rings. The van der Waals surface area contributed by atoms with E-state index in [2.05, 4.69) is 0 Å². The molecule has 1 aromatic rings. The van der Waals surface area contributed by atoms with E-state index in [1.54, 1.807) is 0 Å². The Balaban J connectivity index is 1.91. The van der Waals surface area contributed by atoms with E-state index in [9.17, 15) is 39.3 Å². The molecule has 2 saturated carbocycles. The van der Waals surface area contributed by atoms with Crippen molar-refractivity contribution in [1.82, 2.24) is 4.90 Å². The Bertz CT molecular complexity index is 1050. The van der Waals surface area contributed by atoms with Gasteiger partial charge in [0.1, 0.15) is 5.75 Å². The standard InChI is InChI=1S/C21H22N2O8/c1-23(2)14-9-6-8-12(16(26)11-7(15(8)25)4-3-5-10(11)24)18(28)21(9,31)19(29)13(17(14)27)20(22)30/h3-5,8-9,12-15,24-25,31H,6H2,1-2H3,(H2,22,30)/t8-,9-,12?,13?,14-,15+,21-/m0/s1. The van der Waals surface area contributed by atoms with Crippen LogP contribution >= 0.6 is 0 Å². The van der Waals surface area contributed by atoms with Crippen LogP contribution in [-0.4, -0.2) is 75.0 Å². The number of amides is 1. The number of phenols is 1. The number of hydrogen-bond donors (Lipinski definition) is 4. The number of hydrogen-bond acceptors (Lipinski definition) is 9. The maximum atomic E-state index is 13.5. The first-order chi connectivity index (χ1) is 14.4. The number of Topliss-reactive ketones (excluding diaryl/α,β-unsaturated/α-hetero) is 4. The minimum atomic E-state index is -2.80. The number of carbonyl (C=O) groups is 5. The number of carbonyl (C=O) groups excluding carboxylic acids is 5. The molecule has 0 bridgehead atoms. The first-order valence-corrected chi connectivity index (χ1v) is 9.79. The average Bonchev–Trinajstić information content (AvgIpc) is 2.68. The fourth-order valence-corrected chi connectivity index (χ4v) is 5.56. The Morgan fingerprint density at radius 2 is 1.81 bits per heavy atom. The van der Waals surface area contributed by atoms with E-state index in [1.165, 1.54) is 37.2 Å². The minimum Gasteiger partial charge on any atom is -0.507 e. The summed E-state index contributed by atoms with van der Waals surface area (Å²) >= 11 is 0. The van der Waals surface area contributed by atoms with Gasteiger partial charge in [-0.3, -0.25) is 28.9 Å². The van der Waals surface area contributed by atoms with Crippen molar-refractivity contribution in [2.24, 2.45) is 29.4 Å². The van der Waals surface area contributed by atoms with Crippen molar-refractivity contribution in [3.8, 4) is 5.75 Å². The summed E-state index contributed by atoms with van der Waals surface area (Å²) in [4.78, 5) is 65.9. The van der Waals surface area contributed by atoms with Crippen LogP contribution in [0.15, 0.2) is 18.2 Å². The van der Waals surface area contributed by atoms with E-state index >= 15 is 0 Å². The van der Waals surface area contributed by atoms with E-state index in [-0.39, 0.29) is 17.5 Å². The van der Waals surface area contributed by atoms with Crippen LogP contribution in [0.25, 0.3) is 0 Å². The van der Waals surface area contributed by atoms with Gasteiger partial charge in [0.2, 0.25) is 5.91 Å². The van der Waals surface area contributed by atoms with Crippen molar-refractivity contribution in [2.75, 3.05) is 14.1 Å². The van der Waals surface area contributed by atoms with Gasteiger partial charge in [-0.25, -0.2) is 0 Å². The number of nitrogens with two attached hydrogens (primary N) is 1. The Morgan fingerprint density at radius 1 is 1.16 bits per heavy atom. The van der Waals surface area contributed by atoms with Crippen LogP contribution in [0.5, 0.6) is 5.75 Å². The van der Waals surface area contributed by atoms with Gasteiger partial charge in [-0.2, -0.15) is 0 Å². The molecular weight excluding hydrogens is 408 g/mol. The Kier molecular flexibility index (Phi) is 4.65. The van der Waals surface area contributed by atoms with Crippen molar-refractivity contribution >= 4 is 29.0 Å². The lowest BCUT2D eigenvalue weighted by molar-refractivity contribution is -0.184. The molecule has 5 N–H and O–H groups in total. The van der Waals surface area contributed by atoms with Crippen molar-refractivity contribution < 1.29 is 39.3 Å². The van der Waals surface area contributed by atoms with E-state index < -0.39 is 76.2 Å². The van der Waals surface area contributed by atoms with Crippen LogP contribution in [-0.2, 0) is 19.2 Å². The van der Waals surface area contributed by atoms with Crippen LogP contribution in [0.2, 0.25) is 0 Å². The normalized spacial score (nSPS) is 37.3.